The highest BCUT2D eigenvalue weighted by atomic mass is 32.1. The highest BCUT2D eigenvalue weighted by Gasteiger charge is 2.29. The van der Waals surface area contributed by atoms with Gasteiger partial charge in [-0.05, 0) is 31.2 Å². The van der Waals surface area contributed by atoms with Gasteiger partial charge in [0.25, 0.3) is 0 Å². The lowest BCUT2D eigenvalue weighted by molar-refractivity contribution is 0.509. The lowest BCUT2D eigenvalue weighted by Crippen LogP contribution is -2.34. The van der Waals surface area contributed by atoms with Gasteiger partial charge in [0, 0.05) is 31.1 Å². The number of nitrogens with zero attached hydrogens (tertiary/aromatic N) is 4. The number of aromatic amines is 1. The minimum atomic E-state index is 0.570. The third kappa shape index (κ3) is 2.25. The Balaban J connectivity index is 1.50. The summed E-state index contributed by atoms with van der Waals surface area (Å²) in [5.74, 6) is 1.28. The molecule has 0 spiro atoms. The molecular formula is C13H17N5S. The molecule has 1 aliphatic heterocycles. The predicted molar refractivity (Wildman–Crippen MR) is 74.7 cm³/mol. The fourth-order valence-corrected chi connectivity index (χ4v) is 3.80. The van der Waals surface area contributed by atoms with E-state index in [0.717, 1.165) is 18.2 Å². The molecule has 3 heterocycles. The number of aromatic nitrogens is 4. The van der Waals surface area contributed by atoms with Crippen LogP contribution in [-0.4, -0.2) is 33.5 Å². The van der Waals surface area contributed by atoms with Crippen molar-refractivity contribution in [2.75, 3.05) is 18.0 Å². The Morgan fingerprint density at radius 2 is 2.16 bits per heavy atom. The van der Waals surface area contributed by atoms with Gasteiger partial charge in [0.15, 0.2) is 0 Å². The van der Waals surface area contributed by atoms with E-state index in [2.05, 4.69) is 25.3 Å². The molecule has 0 radical (unpaired) electrons. The van der Waals surface area contributed by atoms with Gasteiger partial charge in [0.05, 0.1) is 6.20 Å². The Bertz CT molecular complexity index is 545. The number of nitrogens with one attached hydrogen (secondary N) is 1. The van der Waals surface area contributed by atoms with E-state index in [9.17, 15) is 0 Å². The molecule has 0 bridgehead atoms. The van der Waals surface area contributed by atoms with Crippen LogP contribution in [0.5, 0.6) is 0 Å². The quantitative estimate of drug-likeness (QED) is 0.935. The van der Waals surface area contributed by atoms with Crippen molar-refractivity contribution in [2.45, 2.75) is 37.5 Å². The third-order valence-electron chi connectivity index (χ3n) is 4.04. The zero-order valence-corrected chi connectivity index (χ0v) is 11.6. The summed E-state index contributed by atoms with van der Waals surface area (Å²) in [6.07, 6.45) is 9.02. The Morgan fingerprint density at radius 3 is 2.95 bits per heavy atom. The summed E-state index contributed by atoms with van der Waals surface area (Å²) in [5, 5.41) is 18.1. The van der Waals surface area contributed by atoms with Crippen LogP contribution >= 0.6 is 11.3 Å². The first kappa shape index (κ1) is 11.4. The van der Waals surface area contributed by atoms with Crippen molar-refractivity contribution >= 4 is 16.5 Å². The standard InChI is InChI=1S/C13H17N5S/c1-2-10(11-6-14-15-7-11)8-18(5-1)13-17-16-12(19-13)9-3-4-9/h6-7,9-10H,1-5,8H2,(H,14,15)/t10-/m1/s1. The third-order valence-corrected chi connectivity index (χ3v) is 5.19. The minimum Gasteiger partial charge on any atom is -0.346 e. The van der Waals surface area contributed by atoms with Crippen LogP contribution in [0.15, 0.2) is 12.4 Å². The average molecular weight is 275 g/mol. The first-order valence-corrected chi connectivity index (χ1v) is 7.79. The van der Waals surface area contributed by atoms with Crippen molar-refractivity contribution in [3.63, 3.8) is 0 Å². The largest absolute Gasteiger partial charge is 0.346 e. The lowest BCUT2D eigenvalue weighted by atomic mass is 9.93. The average Bonchev–Trinajstić information content (AvgIpc) is 2.97. The first-order valence-electron chi connectivity index (χ1n) is 6.97. The summed E-state index contributed by atoms with van der Waals surface area (Å²) in [7, 11) is 0. The van der Waals surface area contributed by atoms with Gasteiger partial charge in [-0.25, -0.2) is 0 Å². The van der Waals surface area contributed by atoms with E-state index in [1.807, 2.05) is 12.4 Å². The van der Waals surface area contributed by atoms with Crippen LogP contribution < -0.4 is 4.90 Å². The van der Waals surface area contributed by atoms with Crippen LogP contribution in [0, 0.1) is 0 Å². The Morgan fingerprint density at radius 1 is 1.21 bits per heavy atom. The number of piperidine rings is 1. The van der Waals surface area contributed by atoms with E-state index in [-0.39, 0.29) is 0 Å². The number of hydrogen-bond acceptors (Lipinski definition) is 5. The highest BCUT2D eigenvalue weighted by Crippen LogP contribution is 2.43. The van der Waals surface area contributed by atoms with E-state index >= 15 is 0 Å². The van der Waals surface area contributed by atoms with Crippen molar-refractivity contribution < 1.29 is 0 Å². The molecule has 1 saturated heterocycles. The van der Waals surface area contributed by atoms with E-state index in [0.29, 0.717) is 11.8 Å². The lowest BCUT2D eigenvalue weighted by Gasteiger charge is -2.31. The van der Waals surface area contributed by atoms with Crippen molar-refractivity contribution in [3.8, 4) is 0 Å². The van der Waals surface area contributed by atoms with Crippen LogP contribution in [-0.2, 0) is 0 Å². The second kappa shape index (κ2) is 4.59. The monoisotopic (exact) mass is 275 g/mol. The zero-order chi connectivity index (χ0) is 12.7. The van der Waals surface area contributed by atoms with E-state index in [4.69, 9.17) is 0 Å². The van der Waals surface area contributed by atoms with E-state index in [1.54, 1.807) is 11.3 Å². The fourth-order valence-electron chi connectivity index (χ4n) is 2.76. The highest BCUT2D eigenvalue weighted by molar-refractivity contribution is 7.15. The molecule has 1 N–H and O–H groups in total. The molecule has 100 valence electrons. The molecule has 2 aliphatic rings. The molecule has 6 heteroatoms. The van der Waals surface area contributed by atoms with Crippen LogP contribution in [0.3, 0.4) is 0 Å². The maximum atomic E-state index is 4.39. The molecule has 1 aliphatic carbocycles. The summed E-state index contributed by atoms with van der Waals surface area (Å²) in [4.78, 5) is 2.39. The molecule has 2 aromatic heterocycles. The second-order valence-corrected chi connectivity index (χ2v) is 6.50. The predicted octanol–water partition coefficient (Wildman–Crippen LogP) is 2.52. The summed E-state index contributed by atoms with van der Waals surface area (Å²) in [5.41, 5.74) is 1.32. The maximum absolute atomic E-state index is 4.39. The number of H-pyrrole nitrogens is 1. The van der Waals surface area contributed by atoms with Gasteiger partial charge < -0.3 is 4.90 Å². The van der Waals surface area contributed by atoms with Crippen molar-refractivity contribution in [3.05, 3.63) is 23.0 Å². The smallest absolute Gasteiger partial charge is 0.208 e. The number of rotatable bonds is 3. The van der Waals surface area contributed by atoms with Gasteiger partial charge in [0.2, 0.25) is 5.13 Å². The van der Waals surface area contributed by atoms with E-state index in [1.165, 1.54) is 36.3 Å². The summed E-state index contributed by atoms with van der Waals surface area (Å²) in [6, 6.07) is 0. The van der Waals surface area contributed by atoms with Gasteiger partial charge in [0.1, 0.15) is 5.01 Å². The molecule has 1 atom stereocenters. The fraction of sp³-hybridized carbons (Fsp3) is 0.615. The molecule has 5 nitrogen and oxygen atoms in total. The Kier molecular flexibility index (Phi) is 2.76. The van der Waals surface area contributed by atoms with Gasteiger partial charge in [-0.1, -0.05) is 11.3 Å². The van der Waals surface area contributed by atoms with Crippen LogP contribution in [0.4, 0.5) is 5.13 Å². The summed E-state index contributed by atoms with van der Waals surface area (Å²) < 4.78 is 0. The molecule has 0 amide bonds. The normalized spacial score (nSPS) is 23.8. The SMILES string of the molecule is c1n[nH]cc1[C@@H]1CCCN(c2nnc(C3CC3)s2)C1. The Labute approximate surface area is 116 Å². The molecule has 19 heavy (non-hydrogen) atoms. The van der Waals surface area contributed by atoms with Gasteiger partial charge in [-0.2, -0.15) is 5.10 Å². The molecule has 2 fully saturated rings. The second-order valence-electron chi connectivity index (χ2n) is 5.51. The van der Waals surface area contributed by atoms with Gasteiger partial charge in [-0.15, -0.1) is 10.2 Å². The van der Waals surface area contributed by atoms with Crippen LogP contribution in [0.1, 0.15) is 48.1 Å². The van der Waals surface area contributed by atoms with Gasteiger partial charge >= 0.3 is 0 Å². The van der Waals surface area contributed by atoms with Crippen molar-refractivity contribution in [1.29, 1.82) is 0 Å². The number of anilines is 1. The van der Waals surface area contributed by atoms with Gasteiger partial charge in [-0.3, -0.25) is 5.10 Å². The van der Waals surface area contributed by atoms with Crippen LogP contribution in [0.2, 0.25) is 0 Å². The molecule has 0 aromatic carbocycles. The molecular weight excluding hydrogens is 258 g/mol. The molecule has 4 rings (SSSR count). The zero-order valence-electron chi connectivity index (χ0n) is 10.7. The minimum absolute atomic E-state index is 0.570. The van der Waals surface area contributed by atoms with Crippen molar-refractivity contribution in [2.24, 2.45) is 0 Å². The molecule has 1 saturated carbocycles. The van der Waals surface area contributed by atoms with E-state index < -0.39 is 0 Å². The number of hydrogen-bond donors (Lipinski definition) is 1. The van der Waals surface area contributed by atoms with Crippen molar-refractivity contribution in [1.82, 2.24) is 20.4 Å². The molecule has 2 aromatic rings. The molecule has 0 unspecified atom stereocenters. The topological polar surface area (TPSA) is 57.7 Å². The van der Waals surface area contributed by atoms with Crippen LogP contribution in [0.25, 0.3) is 0 Å². The summed E-state index contributed by atoms with van der Waals surface area (Å²) >= 11 is 1.79. The first-order chi connectivity index (χ1) is 9.40. The maximum Gasteiger partial charge on any atom is 0.208 e. The summed E-state index contributed by atoms with van der Waals surface area (Å²) in [6.45, 7) is 2.15. The Hall–Kier alpha value is -1.43.